The van der Waals surface area contributed by atoms with E-state index < -0.39 is 0 Å². The first kappa shape index (κ1) is 9.36. The van der Waals surface area contributed by atoms with Crippen molar-refractivity contribution in [2.24, 2.45) is 5.73 Å². The summed E-state index contributed by atoms with van der Waals surface area (Å²) in [5.41, 5.74) is 8.06. The minimum atomic E-state index is -0.203. The Bertz CT molecular complexity index is 514. The highest BCUT2D eigenvalue weighted by molar-refractivity contribution is 9.10. The van der Waals surface area contributed by atoms with Gasteiger partial charge in [0.05, 0.1) is 16.6 Å². The van der Waals surface area contributed by atoms with Crippen molar-refractivity contribution in [2.45, 2.75) is 24.8 Å². The quantitative estimate of drug-likeness (QED) is 0.833. The van der Waals surface area contributed by atoms with Crippen molar-refractivity contribution >= 4 is 27.0 Å². The summed E-state index contributed by atoms with van der Waals surface area (Å²) in [7, 11) is 0. The molecule has 1 fully saturated rings. The van der Waals surface area contributed by atoms with E-state index in [1.165, 1.54) is 6.42 Å². The highest BCUT2D eigenvalue weighted by Gasteiger charge is 2.37. The molecule has 0 radical (unpaired) electrons. The largest absolute Gasteiger partial charge is 0.340 e. The van der Waals surface area contributed by atoms with Crippen molar-refractivity contribution < 1.29 is 0 Å². The monoisotopic (exact) mass is 265 g/mol. The molecule has 0 atom stereocenters. The van der Waals surface area contributed by atoms with Crippen molar-refractivity contribution in [2.75, 3.05) is 0 Å². The maximum atomic E-state index is 6.22. The summed E-state index contributed by atoms with van der Waals surface area (Å²) in [5.74, 6) is 0.932. The number of imidazole rings is 1. The zero-order chi connectivity index (χ0) is 10.5. The molecule has 0 saturated heterocycles. The summed E-state index contributed by atoms with van der Waals surface area (Å²) in [6.07, 6.45) is 3.28. The Labute approximate surface area is 96.2 Å². The van der Waals surface area contributed by atoms with Crippen LogP contribution in [-0.4, -0.2) is 9.97 Å². The molecule has 1 heterocycles. The summed E-state index contributed by atoms with van der Waals surface area (Å²) < 4.78 is 1.06. The van der Waals surface area contributed by atoms with Crippen LogP contribution in [0.15, 0.2) is 22.7 Å². The second kappa shape index (κ2) is 3.06. The normalized spacial score (nSPS) is 19.1. The molecule has 0 aliphatic heterocycles. The van der Waals surface area contributed by atoms with Gasteiger partial charge in [0.2, 0.25) is 0 Å². The molecular weight excluding hydrogens is 254 g/mol. The number of nitrogens with two attached hydrogens (primary N) is 1. The average Bonchev–Trinajstić information content (AvgIpc) is 2.57. The van der Waals surface area contributed by atoms with Gasteiger partial charge in [-0.2, -0.15) is 0 Å². The third-order valence-electron chi connectivity index (χ3n) is 3.16. The number of hydrogen-bond donors (Lipinski definition) is 2. The van der Waals surface area contributed by atoms with E-state index in [4.69, 9.17) is 5.73 Å². The van der Waals surface area contributed by atoms with Crippen LogP contribution in [0.4, 0.5) is 0 Å². The first-order valence-corrected chi connectivity index (χ1v) is 5.91. The van der Waals surface area contributed by atoms with Crippen molar-refractivity contribution in [1.29, 1.82) is 0 Å². The maximum Gasteiger partial charge on any atom is 0.127 e. The number of nitrogens with one attached hydrogen (secondary N) is 1. The molecule has 4 heteroatoms. The van der Waals surface area contributed by atoms with Crippen molar-refractivity contribution in [1.82, 2.24) is 9.97 Å². The molecule has 3 rings (SSSR count). The smallest absolute Gasteiger partial charge is 0.127 e. The number of halogens is 1. The lowest BCUT2D eigenvalue weighted by Crippen LogP contribution is -2.44. The minimum absolute atomic E-state index is 0.203. The number of aromatic amines is 1. The van der Waals surface area contributed by atoms with E-state index in [0.717, 1.165) is 34.2 Å². The molecule has 1 aromatic heterocycles. The molecule has 0 unspecified atom stereocenters. The fourth-order valence-electron chi connectivity index (χ4n) is 2.01. The van der Waals surface area contributed by atoms with Crippen LogP contribution >= 0.6 is 15.9 Å². The molecule has 0 bridgehead atoms. The van der Waals surface area contributed by atoms with Crippen LogP contribution in [-0.2, 0) is 5.54 Å². The van der Waals surface area contributed by atoms with Crippen LogP contribution in [0.1, 0.15) is 25.1 Å². The number of benzene rings is 1. The maximum absolute atomic E-state index is 6.22. The first-order chi connectivity index (χ1) is 7.17. The fourth-order valence-corrected chi connectivity index (χ4v) is 2.37. The molecule has 2 aromatic rings. The standard InChI is InChI=1S/C11H12BrN3/c12-7-2-3-8-9(6-7)15-10(14-8)11(13)4-1-5-11/h2-3,6H,1,4-5,13H2,(H,14,15). The highest BCUT2D eigenvalue weighted by Crippen LogP contribution is 2.37. The first-order valence-electron chi connectivity index (χ1n) is 5.12. The number of nitrogens with zero attached hydrogens (tertiary/aromatic N) is 1. The number of rotatable bonds is 1. The Morgan fingerprint density at radius 2 is 2.20 bits per heavy atom. The Morgan fingerprint density at radius 3 is 2.87 bits per heavy atom. The molecular formula is C11H12BrN3. The van der Waals surface area contributed by atoms with E-state index in [1.54, 1.807) is 0 Å². The van der Waals surface area contributed by atoms with Crippen LogP contribution in [0.5, 0.6) is 0 Å². The Kier molecular flexibility index (Phi) is 1.91. The predicted molar refractivity (Wildman–Crippen MR) is 63.5 cm³/mol. The molecule has 78 valence electrons. The number of aromatic nitrogens is 2. The van der Waals surface area contributed by atoms with E-state index in [9.17, 15) is 0 Å². The van der Waals surface area contributed by atoms with Crippen molar-refractivity contribution in [3.8, 4) is 0 Å². The third-order valence-corrected chi connectivity index (χ3v) is 3.65. The van der Waals surface area contributed by atoms with E-state index in [0.29, 0.717) is 0 Å². The van der Waals surface area contributed by atoms with Crippen LogP contribution < -0.4 is 5.73 Å². The molecule has 1 aromatic carbocycles. The third kappa shape index (κ3) is 1.40. The molecule has 0 amide bonds. The molecule has 15 heavy (non-hydrogen) atoms. The van der Waals surface area contributed by atoms with Gasteiger partial charge in [0.1, 0.15) is 5.82 Å². The second-order valence-electron chi connectivity index (χ2n) is 4.26. The SMILES string of the molecule is NC1(c2nc3ccc(Br)cc3[nH]2)CCC1. The van der Waals surface area contributed by atoms with Gasteiger partial charge in [-0.1, -0.05) is 15.9 Å². The summed E-state index contributed by atoms with van der Waals surface area (Å²) in [5, 5.41) is 0. The zero-order valence-corrected chi connectivity index (χ0v) is 9.84. The number of H-pyrrole nitrogens is 1. The van der Waals surface area contributed by atoms with Gasteiger partial charge in [0.25, 0.3) is 0 Å². The number of fused-ring (bicyclic) bond motifs is 1. The van der Waals surface area contributed by atoms with Crippen molar-refractivity contribution in [3.05, 3.63) is 28.5 Å². The lowest BCUT2D eigenvalue weighted by Gasteiger charge is -2.35. The fraction of sp³-hybridized carbons (Fsp3) is 0.364. The summed E-state index contributed by atoms with van der Waals surface area (Å²) in [4.78, 5) is 7.86. The van der Waals surface area contributed by atoms with Gasteiger partial charge >= 0.3 is 0 Å². The molecule has 0 spiro atoms. The van der Waals surface area contributed by atoms with E-state index in [2.05, 4.69) is 25.9 Å². The molecule has 3 nitrogen and oxygen atoms in total. The van der Waals surface area contributed by atoms with Gasteiger partial charge in [0, 0.05) is 4.47 Å². The van der Waals surface area contributed by atoms with Gasteiger partial charge in [-0.25, -0.2) is 4.98 Å². The van der Waals surface area contributed by atoms with E-state index >= 15 is 0 Å². The van der Waals surface area contributed by atoms with Gasteiger partial charge in [-0.15, -0.1) is 0 Å². The van der Waals surface area contributed by atoms with E-state index in [-0.39, 0.29) is 5.54 Å². The summed E-state index contributed by atoms with van der Waals surface area (Å²) >= 11 is 3.44. The molecule has 3 N–H and O–H groups in total. The van der Waals surface area contributed by atoms with Crippen LogP contribution in [0.3, 0.4) is 0 Å². The second-order valence-corrected chi connectivity index (χ2v) is 5.17. The minimum Gasteiger partial charge on any atom is -0.340 e. The Hall–Kier alpha value is -0.870. The topological polar surface area (TPSA) is 54.7 Å². The molecule has 1 saturated carbocycles. The van der Waals surface area contributed by atoms with E-state index in [1.807, 2.05) is 18.2 Å². The average molecular weight is 266 g/mol. The molecule has 1 aliphatic rings. The lowest BCUT2D eigenvalue weighted by atomic mass is 9.77. The van der Waals surface area contributed by atoms with Crippen LogP contribution in [0, 0.1) is 0 Å². The number of hydrogen-bond acceptors (Lipinski definition) is 2. The lowest BCUT2D eigenvalue weighted by molar-refractivity contribution is 0.240. The van der Waals surface area contributed by atoms with Gasteiger partial charge in [-0.05, 0) is 37.5 Å². The van der Waals surface area contributed by atoms with Crippen molar-refractivity contribution in [3.63, 3.8) is 0 Å². The van der Waals surface area contributed by atoms with Gasteiger partial charge in [-0.3, -0.25) is 0 Å². The van der Waals surface area contributed by atoms with Gasteiger partial charge in [0.15, 0.2) is 0 Å². The summed E-state index contributed by atoms with van der Waals surface area (Å²) in [6, 6.07) is 6.03. The Balaban J connectivity index is 2.14. The molecule has 1 aliphatic carbocycles. The predicted octanol–water partition coefficient (Wildman–Crippen LogP) is 2.66. The van der Waals surface area contributed by atoms with Crippen LogP contribution in [0.2, 0.25) is 0 Å². The summed E-state index contributed by atoms with van der Waals surface area (Å²) in [6.45, 7) is 0. The zero-order valence-electron chi connectivity index (χ0n) is 8.26. The van der Waals surface area contributed by atoms with Crippen LogP contribution in [0.25, 0.3) is 11.0 Å². The Morgan fingerprint density at radius 1 is 1.40 bits per heavy atom. The highest BCUT2D eigenvalue weighted by atomic mass is 79.9. The van der Waals surface area contributed by atoms with Gasteiger partial charge < -0.3 is 10.7 Å².